The first kappa shape index (κ1) is 24.6. The molecule has 2 aromatic heterocycles. The van der Waals surface area contributed by atoms with Crippen LogP contribution < -0.4 is 5.73 Å². The molecule has 4 aromatic rings. The van der Waals surface area contributed by atoms with Crippen LogP contribution in [0.5, 0.6) is 0 Å². The fourth-order valence-electron chi connectivity index (χ4n) is 6.15. The molecule has 2 aliphatic carbocycles. The number of aromatic nitrogens is 6. The Balaban J connectivity index is 1.50. The molecule has 0 bridgehead atoms. The summed E-state index contributed by atoms with van der Waals surface area (Å²) < 4.78 is 0. The van der Waals surface area contributed by atoms with Crippen molar-refractivity contribution in [3.8, 4) is 11.4 Å². The van der Waals surface area contributed by atoms with Crippen LogP contribution >= 0.6 is 0 Å². The molecule has 8 heteroatoms. The summed E-state index contributed by atoms with van der Waals surface area (Å²) in [5.74, 6) is 1.89. The van der Waals surface area contributed by atoms with Crippen molar-refractivity contribution in [2.45, 2.75) is 64.0 Å². The van der Waals surface area contributed by atoms with E-state index in [1.54, 1.807) is 0 Å². The molecule has 6 rings (SSSR count). The van der Waals surface area contributed by atoms with E-state index in [0.717, 1.165) is 45.8 Å². The minimum Gasteiger partial charge on any atom is -0.370 e. The van der Waals surface area contributed by atoms with Crippen molar-refractivity contribution >= 4 is 16.6 Å². The van der Waals surface area contributed by atoms with E-state index in [1.165, 1.54) is 32.1 Å². The number of tetrazole rings is 1. The second-order valence-corrected chi connectivity index (χ2v) is 11.1. The number of para-hydroxylation sites is 2. The Labute approximate surface area is 223 Å². The molecule has 38 heavy (non-hydrogen) atoms. The lowest BCUT2D eigenvalue weighted by Crippen LogP contribution is -2.51. The Morgan fingerprint density at radius 3 is 2.50 bits per heavy atom. The maximum atomic E-state index is 7.57. The molecule has 0 spiro atoms. The first-order valence-corrected chi connectivity index (χ1v) is 13.8. The zero-order valence-electron chi connectivity index (χ0n) is 22.2. The summed E-state index contributed by atoms with van der Waals surface area (Å²) >= 11 is 0. The van der Waals surface area contributed by atoms with Crippen LogP contribution in [0.15, 0.2) is 66.4 Å². The smallest absolute Gasteiger partial charge is 0.205 e. The maximum Gasteiger partial charge on any atom is 0.205 e. The zero-order valence-corrected chi connectivity index (χ0v) is 22.2. The van der Waals surface area contributed by atoms with Crippen molar-refractivity contribution < 1.29 is 0 Å². The molecular formula is C30H36N8. The van der Waals surface area contributed by atoms with Gasteiger partial charge in [0.1, 0.15) is 11.4 Å². The lowest BCUT2D eigenvalue weighted by atomic mass is 9.78. The summed E-state index contributed by atoms with van der Waals surface area (Å²) in [6, 6.07) is 16.9. The van der Waals surface area contributed by atoms with Gasteiger partial charge in [0.05, 0.1) is 11.0 Å². The standard InChI is InChI=1S/C30H36N8/c1-20(2)19-38(22-10-4-3-5-11-22)27-17-16-21(23-12-6-7-13-24(23)28-34-36-37-35-28)18-30(27,31)29-32-25-14-8-9-15-26(25)33-29/h6-9,12-17,20,22H,3-5,10-11,18-19,31H2,1-2H3,(H,32,33)(H,34,35,36,37). The van der Waals surface area contributed by atoms with Crippen molar-refractivity contribution in [2.24, 2.45) is 11.7 Å². The highest BCUT2D eigenvalue weighted by molar-refractivity contribution is 5.82. The van der Waals surface area contributed by atoms with Gasteiger partial charge in [-0.05, 0) is 53.3 Å². The number of imidazole rings is 1. The molecule has 2 aliphatic rings. The lowest BCUT2D eigenvalue weighted by molar-refractivity contribution is 0.154. The number of hydrogen-bond donors (Lipinski definition) is 3. The Morgan fingerprint density at radius 1 is 1.00 bits per heavy atom. The topological polar surface area (TPSA) is 112 Å². The van der Waals surface area contributed by atoms with E-state index < -0.39 is 5.54 Å². The first-order chi connectivity index (χ1) is 18.5. The van der Waals surface area contributed by atoms with Crippen LogP contribution in [-0.2, 0) is 5.54 Å². The molecule has 8 nitrogen and oxygen atoms in total. The van der Waals surface area contributed by atoms with Gasteiger partial charge in [-0.3, -0.25) is 0 Å². The summed E-state index contributed by atoms with van der Waals surface area (Å²) in [5.41, 5.74) is 13.0. The van der Waals surface area contributed by atoms with Gasteiger partial charge in [0.15, 0.2) is 0 Å². The van der Waals surface area contributed by atoms with Crippen molar-refractivity contribution in [1.29, 1.82) is 0 Å². The number of rotatable bonds is 7. The number of hydrogen-bond acceptors (Lipinski definition) is 6. The zero-order chi connectivity index (χ0) is 26.1. The van der Waals surface area contributed by atoms with Crippen LogP contribution in [-0.4, -0.2) is 48.1 Å². The Morgan fingerprint density at radius 2 is 1.76 bits per heavy atom. The number of nitrogens with zero attached hydrogens (tertiary/aromatic N) is 5. The minimum absolute atomic E-state index is 0.492. The van der Waals surface area contributed by atoms with Crippen molar-refractivity contribution in [1.82, 2.24) is 35.5 Å². The Kier molecular flexibility index (Phi) is 6.57. The van der Waals surface area contributed by atoms with E-state index in [2.05, 4.69) is 68.6 Å². The normalized spacial score (nSPS) is 20.5. The highest BCUT2D eigenvalue weighted by Crippen LogP contribution is 2.44. The van der Waals surface area contributed by atoms with Crippen LogP contribution in [0.25, 0.3) is 28.0 Å². The fourth-order valence-corrected chi connectivity index (χ4v) is 6.15. The molecule has 0 saturated heterocycles. The van der Waals surface area contributed by atoms with Crippen molar-refractivity contribution in [3.05, 3.63) is 77.8 Å². The Hall–Kier alpha value is -3.78. The van der Waals surface area contributed by atoms with Crippen LogP contribution in [0.3, 0.4) is 0 Å². The van der Waals surface area contributed by atoms with E-state index in [4.69, 9.17) is 10.7 Å². The number of fused-ring (bicyclic) bond motifs is 1. The van der Waals surface area contributed by atoms with E-state index in [1.807, 2.05) is 36.4 Å². The highest BCUT2D eigenvalue weighted by atomic mass is 15.5. The summed E-state index contributed by atoms with van der Waals surface area (Å²) in [7, 11) is 0. The molecular weight excluding hydrogens is 472 g/mol. The average Bonchev–Trinajstić information content (AvgIpc) is 3.63. The molecule has 196 valence electrons. The van der Waals surface area contributed by atoms with Crippen molar-refractivity contribution in [2.75, 3.05) is 6.54 Å². The number of aromatic amines is 2. The van der Waals surface area contributed by atoms with Gasteiger partial charge in [0.25, 0.3) is 0 Å². The number of allylic oxidation sites excluding steroid dienone is 2. The molecule has 0 aliphatic heterocycles. The van der Waals surface area contributed by atoms with Gasteiger partial charge in [0, 0.05) is 30.3 Å². The third-order valence-corrected chi connectivity index (χ3v) is 7.93. The summed E-state index contributed by atoms with van der Waals surface area (Å²) in [4.78, 5) is 11.2. The molecule has 2 heterocycles. The van der Waals surface area contributed by atoms with Gasteiger partial charge >= 0.3 is 0 Å². The van der Waals surface area contributed by atoms with Gasteiger partial charge in [-0.1, -0.05) is 75.6 Å². The third kappa shape index (κ3) is 4.53. The van der Waals surface area contributed by atoms with Crippen LogP contribution in [0, 0.1) is 5.92 Å². The predicted molar refractivity (Wildman–Crippen MR) is 151 cm³/mol. The molecule has 1 atom stereocenters. The number of benzene rings is 2. The summed E-state index contributed by atoms with van der Waals surface area (Å²) in [5, 5.41) is 14.9. The van der Waals surface area contributed by atoms with E-state index in [9.17, 15) is 0 Å². The first-order valence-electron chi connectivity index (χ1n) is 13.8. The van der Waals surface area contributed by atoms with Crippen LogP contribution in [0.1, 0.15) is 63.8 Å². The maximum absolute atomic E-state index is 7.57. The summed E-state index contributed by atoms with van der Waals surface area (Å²) in [6.45, 7) is 5.56. The molecule has 4 N–H and O–H groups in total. The molecule has 1 unspecified atom stereocenters. The number of nitrogens with two attached hydrogens (primary N) is 1. The fraction of sp³-hybridized carbons (Fsp3) is 0.400. The van der Waals surface area contributed by atoms with E-state index in [-0.39, 0.29) is 0 Å². The van der Waals surface area contributed by atoms with E-state index >= 15 is 0 Å². The molecule has 0 amide bonds. The summed E-state index contributed by atoms with van der Waals surface area (Å²) in [6.07, 6.45) is 11.4. The quantitative estimate of drug-likeness (QED) is 0.301. The highest BCUT2D eigenvalue weighted by Gasteiger charge is 2.43. The lowest BCUT2D eigenvalue weighted by Gasteiger charge is -2.46. The van der Waals surface area contributed by atoms with Crippen molar-refractivity contribution in [3.63, 3.8) is 0 Å². The Bertz CT molecular complexity index is 1430. The second-order valence-electron chi connectivity index (χ2n) is 11.1. The minimum atomic E-state index is -0.820. The molecule has 1 saturated carbocycles. The third-order valence-electron chi connectivity index (χ3n) is 7.93. The molecule has 1 fully saturated rings. The number of H-pyrrole nitrogens is 2. The second kappa shape index (κ2) is 10.2. The average molecular weight is 509 g/mol. The van der Waals surface area contributed by atoms with Crippen LogP contribution in [0.4, 0.5) is 0 Å². The van der Waals surface area contributed by atoms with Crippen LogP contribution in [0.2, 0.25) is 0 Å². The van der Waals surface area contributed by atoms with Gasteiger partial charge in [-0.2, -0.15) is 5.21 Å². The molecule has 0 radical (unpaired) electrons. The van der Waals surface area contributed by atoms with Gasteiger partial charge in [-0.15, -0.1) is 10.2 Å². The van der Waals surface area contributed by atoms with E-state index in [0.29, 0.717) is 24.2 Å². The largest absolute Gasteiger partial charge is 0.370 e. The monoisotopic (exact) mass is 508 g/mol. The van der Waals surface area contributed by atoms with Gasteiger partial charge in [-0.25, -0.2) is 4.98 Å². The SMILES string of the molecule is CC(C)CN(C1=CC=C(c2ccccc2-c2nn[nH]n2)CC1(N)c1nc2ccccc2[nH]1)C1CCCCC1. The predicted octanol–water partition coefficient (Wildman–Crippen LogP) is 5.56. The van der Waals surface area contributed by atoms with Gasteiger partial charge < -0.3 is 15.6 Å². The number of nitrogens with one attached hydrogen (secondary N) is 2. The van der Waals surface area contributed by atoms with Gasteiger partial charge in [0.2, 0.25) is 5.82 Å². The molecule has 2 aromatic carbocycles.